The molecule has 2 aromatic rings. The van der Waals surface area contributed by atoms with E-state index in [0.717, 1.165) is 22.8 Å². The number of carbonyl (C=O) groups excluding carboxylic acids is 2. The molecule has 1 atom stereocenters. The van der Waals surface area contributed by atoms with Crippen LogP contribution < -0.4 is 10.1 Å². The number of esters is 1. The SMILES string of the molecule is COc1ccc(/C=C/C(=O)O[C@H](C)C(=O)Nc2c(C)cc(C)cc2C)cc1F. The molecule has 1 N–H and O–H groups in total. The Morgan fingerprint density at radius 2 is 1.75 bits per heavy atom. The molecule has 0 unspecified atom stereocenters. The van der Waals surface area contributed by atoms with E-state index in [1.54, 1.807) is 6.07 Å². The molecule has 0 saturated heterocycles. The Hall–Kier alpha value is -3.15. The predicted molar refractivity (Wildman–Crippen MR) is 107 cm³/mol. The number of carbonyl (C=O) groups is 2. The summed E-state index contributed by atoms with van der Waals surface area (Å²) in [6.07, 6.45) is 1.57. The van der Waals surface area contributed by atoms with Crippen LogP contribution in [0.3, 0.4) is 0 Å². The Bertz CT molecular complexity index is 898. The van der Waals surface area contributed by atoms with Crippen molar-refractivity contribution in [2.45, 2.75) is 33.8 Å². The molecule has 5 nitrogen and oxygen atoms in total. The molecule has 0 aliphatic rings. The second-order valence-corrected chi connectivity index (χ2v) is 6.57. The van der Waals surface area contributed by atoms with Gasteiger partial charge in [0.2, 0.25) is 0 Å². The van der Waals surface area contributed by atoms with Gasteiger partial charge in [-0.25, -0.2) is 9.18 Å². The number of ether oxygens (including phenoxy) is 2. The monoisotopic (exact) mass is 385 g/mol. The molecule has 1 amide bonds. The predicted octanol–water partition coefficient (Wildman–Crippen LogP) is 4.34. The van der Waals surface area contributed by atoms with Crippen LogP contribution in [0.25, 0.3) is 6.08 Å². The number of aryl methyl sites for hydroxylation is 3. The van der Waals surface area contributed by atoms with Crippen molar-refractivity contribution in [2.75, 3.05) is 12.4 Å². The van der Waals surface area contributed by atoms with Gasteiger partial charge in [-0.2, -0.15) is 0 Å². The molecule has 6 heteroatoms. The molecule has 0 bridgehead atoms. The Morgan fingerprint density at radius 3 is 2.32 bits per heavy atom. The van der Waals surface area contributed by atoms with Crippen molar-refractivity contribution in [2.24, 2.45) is 0 Å². The number of amides is 1. The van der Waals surface area contributed by atoms with Crippen LogP contribution in [-0.2, 0) is 14.3 Å². The fourth-order valence-electron chi connectivity index (χ4n) is 2.82. The van der Waals surface area contributed by atoms with Gasteiger partial charge in [-0.05, 0) is 62.6 Å². The summed E-state index contributed by atoms with van der Waals surface area (Å²) < 4.78 is 23.6. The van der Waals surface area contributed by atoms with Gasteiger partial charge in [0.25, 0.3) is 5.91 Å². The highest BCUT2D eigenvalue weighted by Crippen LogP contribution is 2.22. The van der Waals surface area contributed by atoms with Gasteiger partial charge in [0.1, 0.15) is 0 Å². The first kappa shape index (κ1) is 21.2. The second-order valence-electron chi connectivity index (χ2n) is 6.57. The van der Waals surface area contributed by atoms with Crippen molar-refractivity contribution in [3.05, 3.63) is 64.5 Å². The minimum atomic E-state index is -0.982. The molecule has 0 saturated carbocycles. The van der Waals surface area contributed by atoms with Gasteiger partial charge in [-0.15, -0.1) is 0 Å². The first-order chi connectivity index (χ1) is 13.2. The molecule has 0 aromatic heterocycles. The summed E-state index contributed by atoms with van der Waals surface area (Å²) in [5, 5.41) is 2.80. The first-order valence-corrected chi connectivity index (χ1v) is 8.82. The summed E-state index contributed by atoms with van der Waals surface area (Å²) in [7, 11) is 1.37. The highest BCUT2D eigenvalue weighted by Gasteiger charge is 2.18. The second kappa shape index (κ2) is 9.17. The molecule has 0 aliphatic heterocycles. The van der Waals surface area contributed by atoms with Crippen molar-refractivity contribution in [1.29, 1.82) is 0 Å². The summed E-state index contributed by atoms with van der Waals surface area (Å²) in [6, 6.07) is 8.24. The van der Waals surface area contributed by atoms with Gasteiger partial charge in [-0.3, -0.25) is 4.79 Å². The quantitative estimate of drug-likeness (QED) is 0.593. The van der Waals surface area contributed by atoms with Gasteiger partial charge in [0.05, 0.1) is 7.11 Å². The van der Waals surface area contributed by atoms with Crippen molar-refractivity contribution in [3.63, 3.8) is 0 Å². The van der Waals surface area contributed by atoms with E-state index in [0.29, 0.717) is 11.3 Å². The van der Waals surface area contributed by atoms with Crippen LogP contribution in [-0.4, -0.2) is 25.1 Å². The highest BCUT2D eigenvalue weighted by atomic mass is 19.1. The van der Waals surface area contributed by atoms with Crippen LogP contribution in [0.5, 0.6) is 5.75 Å². The average Bonchev–Trinajstić information content (AvgIpc) is 2.62. The average molecular weight is 385 g/mol. The first-order valence-electron chi connectivity index (χ1n) is 8.82. The molecule has 2 rings (SSSR count). The van der Waals surface area contributed by atoms with E-state index >= 15 is 0 Å². The third-order valence-corrected chi connectivity index (χ3v) is 4.18. The molecule has 28 heavy (non-hydrogen) atoms. The lowest BCUT2D eigenvalue weighted by Crippen LogP contribution is -2.30. The summed E-state index contributed by atoms with van der Waals surface area (Å²) in [5.74, 6) is -1.54. The zero-order valence-electron chi connectivity index (χ0n) is 16.6. The molecule has 0 radical (unpaired) electrons. The Balaban J connectivity index is 1.98. The van der Waals surface area contributed by atoms with Crippen molar-refractivity contribution >= 4 is 23.6 Å². The van der Waals surface area contributed by atoms with Gasteiger partial charge in [-0.1, -0.05) is 23.8 Å². The zero-order chi connectivity index (χ0) is 20.8. The summed E-state index contributed by atoms with van der Waals surface area (Å²) in [6.45, 7) is 7.29. The number of methoxy groups -OCH3 is 1. The van der Waals surface area contributed by atoms with Crippen molar-refractivity contribution < 1.29 is 23.5 Å². The molecular formula is C22H24FNO4. The normalized spacial score (nSPS) is 11.9. The van der Waals surface area contributed by atoms with Crippen LogP contribution in [0.2, 0.25) is 0 Å². The van der Waals surface area contributed by atoms with Gasteiger partial charge < -0.3 is 14.8 Å². The van der Waals surface area contributed by atoms with Crippen LogP contribution in [0.1, 0.15) is 29.2 Å². The van der Waals surface area contributed by atoms with E-state index in [2.05, 4.69) is 5.32 Å². The standard InChI is InChI=1S/C22H24FNO4/c1-13-10-14(2)21(15(3)11-13)24-22(26)16(4)28-20(25)9-7-17-6-8-19(27-5)18(23)12-17/h6-12,16H,1-5H3,(H,24,26)/b9-7+/t16-/m1/s1. The lowest BCUT2D eigenvalue weighted by molar-refractivity contribution is -0.148. The van der Waals surface area contributed by atoms with Crippen molar-refractivity contribution in [1.82, 2.24) is 0 Å². The maximum atomic E-state index is 13.7. The zero-order valence-corrected chi connectivity index (χ0v) is 16.6. The number of hydrogen-bond acceptors (Lipinski definition) is 4. The minimum absolute atomic E-state index is 0.117. The maximum Gasteiger partial charge on any atom is 0.331 e. The molecule has 0 fully saturated rings. The van der Waals surface area contributed by atoms with E-state index in [4.69, 9.17) is 9.47 Å². The number of benzene rings is 2. The molecule has 0 aliphatic carbocycles. The fraction of sp³-hybridized carbons (Fsp3) is 0.273. The lowest BCUT2D eigenvalue weighted by atomic mass is 10.0. The van der Waals surface area contributed by atoms with Gasteiger partial charge in [0, 0.05) is 11.8 Å². The third-order valence-electron chi connectivity index (χ3n) is 4.18. The van der Waals surface area contributed by atoms with E-state index in [9.17, 15) is 14.0 Å². The van der Waals surface area contributed by atoms with Crippen LogP contribution in [0.15, 0.2) is 36.4 Å². The molecule has 0 heterocycles. The largest absolute Gasteiger partial charge is 0.494 e. The van der Waals surface area contributed by atoms with Gasteiger partial charge >= 0.3 is 5.97 Å². The van der Waals surface area contributed by atoms with E-state index in [-0.39, 0.29) is 5.75 Å². The van der Waals surface area contributed by atoms with Crippen LogP contribution in [0, 0.1) is 26.6 Å². The summed E-state index contributed by atoms with van der Waals surface area (Å²) in [5.41, 5.74) is 4.16. The number of hydrogen-bond donors (Lipinski definition) is 1. The fourth-order valence-corrected chi connectivity index (χ4v) is 2.82. The number of rotatable bonds is 6. The Kier molecular flexibility index (Phi) is 6.93. The third kappa shape index (κ3) is 5.42. The minimum Gasteiger partial charge on any atom is -0.494 e. The topological polar surface area (TPSA) is 64.6 Å². The summed E-state index contributed by atoms with van der Waals surface area (Å²) >= 11 is 0. The number of halogens is 1. The molecule has 148 valence electrons. The molecule has 0 spiro atoms. The maximum absolute atomic E-state index is 13.7. The molecular weight excluding hydrogens is 361 g/mol. The van der Waals surface area contributed by atoms with E-state index in [1.165, 1.54) is 32.2 Å². The Morgan fingerprint density at radius 1 is 1.11 bits per heavy atom. The van der Waals surface area contributed by atoms with Crippen LogP contribution >= 0.6 is 0 Å². The van der Waals surface area contributed by atoms with E-state index in [1.807, 2.05) is 32.9 Å². The number of anilines is 1. The van der Waals surface area contributed by atoms with Gasteiger partial charge in [0.15, 0.2) is 17.7 Å². The van der Waals surface area contributed by atoms with E-state index < -0.39 is 23.8 Å². The summed E-state index contributed by atoms with van der Waals surface area (Å²) in [4.78, 5) is 24.3. The van der Waals surface area contributed by atoms with Crippen LogP contribution in [0.4, 0.5) is 10.1 Å². The Labute approximate surface area is 164 Å². The lowest BCUT2D eigenvalue weighted by Gasteiger charge is -2.16. The number of nitrogens with one attached hydrogen (secondary N) is 1. The smallest absolute Gasteiger partial charge is 0.331 e. The molecule has 2 aromatic carbocycles. The van der Waals surface area contributed by atoms with Crippen molar-refractivity contribution in [3.8, 4) is 5.75 Å². The highest BCUT2D eigenvalue weighted by molar-refractivity contribution is 5.97.